The van der Waals surface area contributed by atoms with Crippen LogP contribution in [0, 0.1) is 6.92 Å². The summed E-state index contributed by atoms with van der Waals surface area (Å²) in [7, 11) is 1.59. The number of methoxy groups -OCH3 is 1. The highest BCUT2D eigenvalue weighted by Crippen LogP contribution is 2.11. The number of amides is 1. The lowest BCUT2D eigenvalue weighted by molar-refractivity contribution is -0.122. The van der Waals surface area contributed by atoms with Crippen molar-refractivity contribution in [3.8, 4) is 5.75 Å². The standard InChI is InChI=1S/C15H17N3O3/c1-11-6-7-15(20)18(17-11)10-14(19)16-9-12-4-3-5-13(8-12)21-2/h3-8H,9-10H2,1-2H3,(H,16,19). The van der Waals surface area contributed by atoms with Crippen LogP contribution in [0.25, 0.3) is 0 Å². The molecule has 1 aromatic heterocycles. The smallest absolute Gasteiger partial charge is 0.267 e. The molecule has 6 heteroatoms. The van der Waals surface area contributed by atoms with Gasteiger partial charge in [-0.15, -0.1) is 0 Å². The van der Waals surface area contributed by atoms with Gasteiger partial charge >= 0.3 is 0 Å². The zero-order chi connectivity index (χ0) is 15.2. The summed E-state index contributed by atoms with van der Waals surface area (Å²) in [6.45, 7) is 2.05. The van der Waals surface area contributed by atoms with Gasteiger partial charge in [0, 0.05) is 12.6 Å². The molecule has 1 amide bonds. The van der Waals surface area contributed by atoms with Crippen LogP contribution in [0.15, 0.2) is 41.2 Å². The topological polar surface area (TPSA) is 73.2 Å². The Labute approximate surface area is 122 Å². The lowest BCUT2D eigenvalue weighted by atomic mass is 10.2. The molecule has 0 spiro atoms. The normalized spacial score (nSPS) is 10.2. The minimum atomic E-state index is -0.294. The molecule has 0 unspecified atom stereocenters. The third-order valence-corrected chi connectivity index (χ3v) is 2.92. The van der Waals surface area contributed by atoms with Gasteiger partial charge in [0.15, 0.2) is 0 Å². The van der Waals surface area contributed by atoms with Crippen LogP contribution in [0.3, 0.4) is 0 Å². The number of hydrogen-bond acceptors (Lipinski definition) is 4. The SMILES string of the molecule is COc1cccc(CNC(=O)Cn2nc(C)ccc2=O)c1. The van der Waals surface area contributed by atoms with E-state index in [-0.39, 0.29) is 18.0 Å². The number of ether oxygens (including phenoxy) is 1. The summed E-state index contributed by atoms with van der Waals surface area (Å²) in [5.41, 5.74) is 1.32. The number of aromatic nitrogens is 2. The van der Waals surface area contributed by atoms with E-state index in [9.17, 15) is 9.59 Å². The Morgan fingerprint density at radius 3 is 2.90 bits per heavy atom. The van der Waals surface area contributed by atoms with Crippen LogP contribution in [0.5, 0.6) is 5.75 Å². The van der Waals surface area contributed by atoms with Crippen LogP contribution >= 0.6 is 0 Å². The number of benzene rings is 1. The molecule has 0 atom stereocenters. The van der Waals surface area contributed by atoms with Gasteiger partial charge in [-0.05, 0) is 30.7 Å². The Balaban J connectivity index is 1.95. The third-order valence-electron chi connectivity index (χ3n) is 2.92. The summed E-state index contributed by atoms with van der Waals surface area (Å²) in [5.74, 6) is 0.469. The first kappa shape index (κ1) is 14.8. The first-order valence-corrected chi connectivity index (χ1v) is 6.53. The Bertz CT molecular complexity index is 695. The van der Waals surface area contributed by atoms with E-state index >= 15 is 0 Å². The van der Waals surface area contributed by atoms with Gasteiger partial charge in [-0.2, -0.15) is 5.10 Å². The monoisotopic (exact) mass is 287 g/mol. The van der Waals surface area contributed by atoms with Gasteiger partial charge in [0.25, 0.3) is 5.56 Å². The predicted molar refractivity (Wildman–Crippen MR) is 78.1 cm³/mol. The zero-order valence-electron chi connectivity index (χ0n) is 12.0. The molecule has 2 aromatic rings. The molecule has 6 nitrogen and oxygen atoms in total. The van der Waals surface area contributed by atoms with Gasteiger partial charge in [0.1, 0.15) is 12.3 Å². The molecule has 0 bridgehead atoms. The molecule has 1 N–H and O–H groups in total. The van der Waals surface area contributed by atoms with Crippen LogP contribution in [0.1, 0.15) is 11.3 Å². The largest absolute Gasteiger partial charge is 0.497 e. The summed E-state index contributed by atoms with van der Waals surface area (Å²) < 4.78 is 6.27. The summed E-state index contributed by atoms with van der Waals surface area (Å²) in [4.78, 5) is 23.4. The van der Waals surface area contributed by atoms with Crippen molar-refractivity contribution in [2.24, 2.45) is 0 Å². The van der Waals surface area contributed by atoms with Crippen molar-refractivity contribution >= 4 is 5.91 Å². The molecule has 110 valence electrons. The summed E-state index contributed by atoms with van der Waals surface area (Å²) >= 11 is 0. The van der Waals surface area contributed by atoms with Gasteiger partial charge in [-0.3, -0.25) is 9.59 Å². The van der Waals surface area contributed by atoms with E-state index in [0.29, 0.717) is 12.2 Å². The second kappa shape index (κ2) is 6.69. The van der Waals surface area contributed by atoms with Gasteiger partial charge in [0.05, 0.1) is 12.8 Å². The van der Waals surface area contributed by atoms with Crippen molar-refractivity contribution in [1.29, 1.82) is 0 Å². The number of carbonyl (C=O) groups is 1. The van der Waals surface area contributed by atoms with Crippen LogP contribution in [-0.2, 0) is 17.9 Å². The fraction of sp³-hybridized carbons (Fsp3) is 0.267. The predicted octanol–water partition coefficient (Wildman–Crippen LogP) is 0.877. The van der Waals surface area contributed by atoms with Crippen LogP contribution in [-0.4, -0.2) is 22.8 Å². The van der Waals surface area contributed by atoms with E-state index in [1.165, 1.54) is 6.07 Å². The lowest BCUT2D eigenvalue weighted by Gasteiger charge is -2.08. The average molecular weight is 287 g/mol. The van der Waals surface area contributed by atoms with Gasteiger partial charge in [0.2, 0.25) is 5.91 Å². The van der Waals surface area contributed by atoms with E-state index in [0.717, 1.165) is 16.0 Å². The maximum atomic E-state index is 11.9. The maximum Gasteiger partial charge on any atom is 0.267 e. The Morgan fingerprint density at radius 2 is 2.14 bits per heavy atom. The van der Waals surface area contributed by atoms with E-state index in [1.54, 1.807) is 20.1 Å². The second-order valence-electron chi connectivity index (χ2n) is 4.60. The molecular weight excluding hydrogens is 270 g/mol. The Kier molecular flexibility index (Phi) is 4.71. The molecule has 0 aliphatic heterocycles. The molecule has 0 aliphatic rings. The van der Waals surface area contributed by atoms with E-state index in [4.69, 9.17) is 4.74 Å². The zero-order valence-corrected chi connectivity index (χ0v) is 12.0. The molecule has 1 aromatic carbocycles. The molecule has 0 fully saturated rings. The quantitative estimate of drug-likeness (QED) is 0.886. The summed E-state index contributed by atoms with van der Waals surface area (Å²) in [6.07, 6.45) is 0. The molecule has 0 saturated heterocycles. The highest BCUT2D eigenvalue weighted by Gasteiger charge is 2.06. The Morgan fingerprint density at radius 1 is 1.33 bits per heavy atom. The van der Waals surface area contributed by atoms with E-state index in [2.05, 4.69) is 10.4 Å². The summed E-state index contributed by atoms with van der Waals surface area (Å²) in [6, 6.07) is 10.4. The first-order valence-electron chi connectivity index (χ1n) is 6.53. The molecular formula is C15H17N3O3. The summed E-state index contributed by atoms with van der Waals surface area (Å²) in [5, 5.41) is 6.77. The number of nitrogens with one attached hydrogen (secondary N) is 1. The van der Waals surface area contributed by atoms with E-state index in [1.807, 2.05) is 24.3 Å². The third kappa shape index (κ3) is 4.17. The lowest BCUT2D eigenvalue weighted by Crippen LogP contribution is -2.33. The van der Waals surface area contributed by atoms with Crippen LogP contribution in [0.2, 0.25) is 0 Å². The molecule has 0 saturated carbocycles. The van der Waals surface area contributed by atoms with Crippen molar-refractivity contribution in [3.63, 3.8) is 0 Å². The minimum Gasteiger partial charge on any atom is -0.497 e. The number of hydrogen-bond donors (Lipinski definition) is 1. The van der Waals surface area contributed by atoms with Crippen molar-refractivity contribution in [3.05, 3.63) is 58.0 Å². The Hall–Kier alpha value is -2.63. The number of aryl methyl sites for hydroxylation is 1. The van der Waals surface area contributed by atoms with Crippen molar-refractivity contribution in [1.82, 2.24) is 15.1 Å². The van der Waals surface area contributed by atoms with Crippen molar-refractivity contribution in [2.75, 3.05) is 7.11 Å². The van der Waals surface area contributed by atoms with E-state index < -0.39 is 0 Å². The molecule has 0 aliphatic carbocycles. The number of carbonyl (C=O) groups excluding carboxylic acids is 1. The first-order chi connectivity index (χ1) is 10.1. The van der Waals surface area contributed by atoms with Gasteiger partial charge < -0.3 is 10.1 Å². The van der Waals surface area contributed by atoms with Crippen LogP contribution in [0.4, 0.5) is 0 Å². The molecule has 2 rings (SSSR count). The minimum absolute atomic E-state index is 0.0928. The maximum absolute atomic E-state index is 11.9. The van der Waals surface area contributed by atoms with Gasteiger partial charge in [-0.25, -0.2) is 4.68 Å². The highest BCUT2D eigenvalue weighted by atomic mass is 16.5. The fourth-order valence-corrected chi connectivity index (χ4v) is 1.84. The molecule has 21 heavy (non-hydrogen) atoms. The van der Waals surface area contributed by atoms with Crippen molar-refractivity contribution < 1.29 is 9.53 Å². The molecule has 0 radical (unpaired) electrons. The van der Waals surface area contributed by atoms with Crippen LogP contribution < -0.4 is 15.6 Å². The van der Waals surface area contributed by atoms with Gasteiger partial charge in [-0.1, -0.05) is 12.1 Å². The average Bonchev–Trinajstić information content (AvgIpc) is 2.49. The number of rotatable bonds is 5. The molecule has 1 heterocycles. The number of nitrogens with zero attached hydrogens (tertiary/aromatic N) is 2. The fourth-order valence-electron chi connectivity index (χ4n) is 1.84. The highest BCUT2D eigenvalue weighted by molar-refractivity contribution is 5.75. The second-order valence-corrected chi connectivity index (χ2v) is 4.60. The van der Waals surface area contributed by atoms with Crippen molar-refractivity contribution in [2.45, 2.75) is 20.0 Å².